The van der Waals surface area contributed by atoms with Gasteiger partial charge in [-0.05, 0) is 0 Å². The molecule has 0 bridgehead atoms. The number of ether oxygens (including phenoxy) is 1. The van der Waals surface area contributed by atoms with Crippen LogP contribution in [0.3, 0.4) is 0 Å². The highest BCUT2D eigenvalue weighted by atomic mass is 35.5. The molecular formula is C14H10ClN3O2. The fraction of sp³-hybridized carbons (Fsp3) is 0.0714. The first kappa shape index (κ1) is 12.6. The number of methoxy groups -OCH3 is 1. The second-order valence-corrected chi connectivity index (χ2v) is 4.50. The third kappa shape index (κ3) is 2.02. The maximum absolute atomic E-state index is 11.7. The molecule has 0 amide bonds. The van der Waals surface area contributed by atoms with E-state index in [9.17, 15) is 4.79 Å². The summed E-state index contributed by atoms with van der Waals surface area (Å²) in [6.07, 6.45) is 1.40. The molecular weight excluding hydrogens is 278 g/mol. The van der Waals surface area contributed by atoms with Gasteiger partial charge in [0.2, 0.25) is 0 Å². The van der Waals surface area contributed by atoms with E-state index in [1.165, 1.54) is 17.8 Å². The average molecular weight is 288 g/mol. The molecule has 0 aliphatic rings. The predicted molar refractivity (Wildman–Crippen MR) is 74.8 cm³/mol. The summed E-state index contributed by atoms with van der Waals surface area (Å²) in [5, 5.41) is 4.42. The van der Waals surface area contributed by atoms with Gasteiger partial charge in [0, 0.05) is 11.6 Å². The summed E-state index contributed by atoms with van der Waals surface area (Å²) in [7, 11) is 1.31. The van der Waals surface area contributed by atoms with Crippen LogP contribution in [0.4, 0.5) is 0 Å². The zero-order valence-electron chi connectivity index (χ0n) is 10.6. The Hall–Kier alpha value is -2.40. The van der Waals surface area contributed by atoms with Crippen molar-refractivity contribution in [2.45, 2.75) is 0 Å². The molecule has 0 aliphatic carbocycles. The molecule has 0 fully saturated rings. The van der Waals surface area contributed by atoms with Crippen LogP contribution in [0.1, 0.15) is 10.4 Å². The van der Waals surface area contributed by atoms with E-state index in [0.717, 1.165) is 5.56 Å². The molecule has 0 saturated carbocycles. The van der Waals surface area contributed by atoms with E-state index in [1.807, 2.05) is 30.3 Å². The van der Waals surface area contributed by atoms with E-state index in [2.05, 4.69) is 10.1 Å². The van der Waals surface area contributed by atoms with E-state index in [-0.39, 0.29) is 5.56 Å². The molecule has 0 spiro atoms. The topological polar surface area (TPSA) is 56.5 Å². The minimum atomic E-state index is -0.492. The minimum Gasteiger partial charge on any atom is -0.465 e. The summed E-state index contributed by atoms with van der Waals surface area (Å²) in [5.41, 5.74) is 2.25. The van der Waals surface area contributed by atoms with Gasteiger partial charge in [-0.15, -0.1) is 0 Å². The van der Waals surface area contributed by atoms with Crippen molar-refractivity contribution in [3.63, 3.8) is 0 Å². The highest BCUT2D eigenvalue weighted by Crippen LogP contribution is 2.23. The summed E-state index contributed by atoms with van der Waals surface area (Å²) < 4.78 is 6.12. The first-order chi connectivity index (χ1) is 9.70. The number of halogens is 1. The molecule has 100 valence electrons. The predicted octanol–water partition coefficient (Wildman–Crippen LogP) is 2.84. The Morgan fingerprint density at radius 2 is 2.05 bits per heavy atom. The van der Waals surface area contributed by atoms with Crippen molar-refractivity contribution in [2.75, 3.05) is 7.11 Å². The lowest BCUT2D eigenvalue weighted by Gasteiger charge is -2.04. The Labute approximate surface area is 119 Å². The normalized spacial score (nSPS) is 10.7. The van der Waals surface area contributed by atoms with Gasteiger partial charge in [-0.1, -0.05) is 41.9 Å². The van der Waals surface area contributed by atoms with Crippen LogP contribution in [0.2, 0.25) is 5.15 Å². The number of carbonyl (C=O) groups is 1. The van der Waals surface area contributed by atoms with Crippen LogP contribution >= 0.6 is 11.6 Å². The number of hydrogen-bond acceptors (Lipinski definition) is 4. The van der Waals surface area contributed by atoms with Crippen molar-refractivity contribution < 1.29 is 9.53 Å². The van der Waals surface area contributed by atoms with Crippen LogP contribution < -0.4 is 0 Å². The fourth-order valence-corrected chi connectivity index (χ4v) is 2.16. The number of nitrogens with zero attached hydrogens (tertiary/aromatic N) is 3. The van der Waals surface area contributed by atoms with Gasteiger partial charge in [-0.25, -0.2) is 14.3 Å². The molecule has 0 radical (unpaired) electrons. The largest absolute Gasteiger partial charge is 0.465 e. The average Bonchev–Trinajstić information content (AvgIpc) is 2.92. The standard InChI is InChI=1S/C14H10ClN3O2/c1-20-14(19)10-8-16-18-12(15)7-11(17-13(10)18)9-5-3-2-4-6-9/h2-8H,1H3. The van der Waals surface area contributed by atoms with Gasteiger partial charge in [-0.2, -0.15) is 5.10 Å². The number of hydrogen-bond donors (Lipinski definition) is 0. The Balaban J connectivity index is 2.24. The molecule has 0 N–H and O–H groups in total. The van der Waals surface area contributed by atoms with Crippen molar-refractivity contribution >= 4 is 23.2 Å². The SMILES string of the molecule is COC(=O)c1cnn2c(Cl)cc(-c3ccccc3)nc12. The van der Waals surface area contributed by atoms with E-state index >= 15 is 0 Å². The second kappa shape index (κ2) is 4.94. The van der Waals surface area contributed by atoms with Crippen molar-refractivity contribution in [3.05, 3.63) is 53.3 Å². The molecule has 5 nitrogen and oxygen atoms in total. The van der Waals surface area contributed by atoms with Crippen LogP contribution in [0.15, 0.2) is 42.6 Å². The number of aromatic nitrogens is 3. The fourth-order valence-electron chi connectivity index (χ4n) is 1.94. The Morgan fingerprint density at radius 1 is 1.30 bits per heavy atom. The highest BCUT2D eigenvalue weighted by molar-refractivity contribution is 6.30. The molecule has 0 saturated heterocycles. The van der Waals surface area contributed by atoms with Crippen LogP contribution in [0.25, 0.3) is 16.9 Å². The molecule has 6 heteroatoms. The summed E-state index contributed by atoms with van der Waals surface area (Å²) in [6, 6.07) is 11.3. The first-order valence-electron chi connectivity index (χ1n) is 5.88. The van der Waals surface area contributed by atoms with Gasteiger partial charge in [-0.3, -0.25) is 0 Å². The van der Waals surface area contributed by atoms with Gasteiger partial charge >= 0.3 is 5.97 Å². The molecule has 0 atom stereocenters. The lowest BCUT2D eigenvalue weighted by atomic mass is 10.1. The molecule has 0 unspecified atom stereocenters. The van der Waals surface area contributed by atoms with Crippen molar-refractivity contribution in [1.29, 1.82) is 0 Å². The summed E-state index contributed by atoms with van der Waals surface area (Å²) in [4.78, 5) is 16.1. The maximum Gasteiger partial charge on any atom is 0.343 e. The summed E-state index contributed by atoms with van der Waals surface area (Å²) >= 11 is 6.18. The van der Waals surface area contributed by atoms with Gasteiger partial charge in [0.1, 0.15) is 10.7 Å². The number of esters is 1. The highest BCUT2D eigenvalue weighted by Gasteiger charge is 2.17. The van der Waals surface area contributed by atoms with Crippen LogP contribution in [0, 0.1) is 0 Å². The Kier molecular flexibility index (Phi) is 3.12. The molecule has 2 aromatic heterocycles. The zero-order valence-corrected chi connectivity index (χ0v) is 11.3. The monoisotopic (exact) mass is 287 g/mol. The van der Waals surface area contributed by atoms with Gasteiger partial charge < -0.3 is 4.74 Å². The van der Waals surface area contributed by atoms with Crippen LogP contribution in [-0.2, 0) is 4.74 Å². The molecule has 3 aromatic rings. The quantitative estimate of drug-likeness (QED) is 0.537. The van der Waals surface area contributed by atoms with E-state index in [4.69, 9.17) is 16.3 Å². The molecule has 0 aliphatic heterocycles. The third-order valence-electron chi connectivity index (χ3n) is 2.90. The van der Waals surface area contributed by atoms with Crippen molar-refractivity contribution in [1.82, 2.24) is 14.6 Å². The third-order valence-corrected chi connectivity index (χ3v) is 3.17. The summed E-state index contributed by atoms with van der Waals surface area (Å²) in [6.45, 7) is 0. The molecule has 3 rings (SSSR count). The summed E-state index contributed by atoms with van der Waals surface area (Å²) in [5.74, 6) is -0.492. The Bertz CT molecular complexity index is 784. The molecule has 20 heavy (non-hydrogen) atoms. The minimum absolute atomic E-state index is 0.284. The van der Waals surface area contributed by atoms with Crippen molar-refractivity contribution in [3.8, 4) is 11.3 Å². The first-order valence-corrected chi connectivity index (χ1v) is 6.26. The van der Waals surface area contributed by atoms with E-state index < -0.39 is 5.97 Å². The maximum atomic E-state index is 11.7. The van der Waals surface area contributed by atoms with Gasteiger partial charge in [0.15, 0.2) is 5.65 Å². The van der Waals surface area contributed by atoms with Crippen LogP contribution in [0.5, 0.6) is 0 Å². The lowest BCUT2D eigenvalue weighted by Crippen LogP contribution is -2.02. The van der Waals surface area contributed by atoms with E-state index in [1.54, 1.807) is 6.07 Å². The van der Waals surface area contributed by atoms with Gasteiger partial charge in [0.05, 0.1) is 19.0 Å². The van der Waals surface area contributed by atoms with Crippen molar-refractivity contribution in [2.24, 2.45) is 0 Å². The molecule has 1 aromatic carbocycles. The van der Waals surface area contributed by atoms with E-state index in [0.29, 0.717) is 16.5 Å². The number of benzene rings is 1. The molecule has 2 heterocycles. The Morgan fingerprint density at radius 3 is 2.75 bits per heavy atom. The smallest absolute Gasteiger partial charge is 0.343 e. The number of fused-ring (bicyclic) bond motifs is 1. The number of carbonyl (C=O) groups excluding carboxylic acids is 1. The number of rotatable bonds is 2. The van der Waals surface area contributed by atoms with Crippen LogP contribution in [-0.4, -0.2) is 27.7 Å². The zero-order chi connectivity index (χ0) is 14.1. The lowest BCUT2D eigenvalue weighted by molar-refractivity contribution is 0.0602. The van der Waals surface area contributed by atoms with Gasteiger partial charge in [0.25, 0.3) is 0 Å². The second-order valence-electron chi connectivity index (χ2n) is 4.12.